The minimum absolute atomic E-state index is 0.0433. The van der Waals surface area contributed by atoms with Crippen molar-refractivity contribution in [3.8, 4) is 0 Å². The van der Waals surface area contributed by atoms with Crippen LogP contribution in [0.1, 0.15) is 31.7 Å². The summed E-state index contributed by atoms with van der Waals surface area (Å²) in [7, 11) is 0. The van der Waals surface area contributed by atoms with Gasteiger partial charge in [0, 0.05) is 37.5 Å². The van der Waals surface area contributed by atoms with Crippen LogP contribution in [0.3, 0.4) is 0 Å². The molecule has 1 fully saturated rings. The number of halogens is 1. The molecule has 1 heterocycles. The first-order chi connectivity index (χ1) is 10.6. The first kappa shape index (κ1) is 16.8. The average Bonchev–Trinajstić information content (AvgIpc) is 2.51. The number of rotatable bonds is 5. The van der Waals surface area contributed by atoms with Crippen molar-refractivity contribution in [1.29, 1.82) is 0 Å². The van der Waals surface area contributed by atoms with Crippen molar-refractivity contribution >= 4 is 23.4 Å². The Hall–Kier alpha value is -1.55. The molecule has 0 aromatic heterocycles. The predicted molar refractivity (Wildman–Crippen MR) is 87.8 cm³/mol. The maximum Gasteiger partial charge on any atom is 0.223 e. The van der Waals surface area contributed by atoms with Crippen molar-refractivity contribution in [3.05, 3.63) is 34.9 Å². The van der Waals surface area contributed by atoms with E-state index in [0.717, 1.165) is 30.7 Å². The zero-order chi connectivity index (χ0) is 15.9. The molecule has 1 aliphatic heterocycles. The SMILES string of the molecule is CC(=O)N1CCC(C(=O)NCCCc2cccc(Cl)c2)CC1. The number of hydrogen-bond acceptors (Lipinski definition) is 2. The van der Waals surface area contributed by atoms with Crippen LogP contribution in [0.15, 0.2) is 24.3 Å². The second-order valence-electron chi connectivity index (χ2n) is 5.80. The van der Waals surface area contributed by atoms with E-state index in [9.17, 15) is 9.59 Å². The Kier molecular flexibility index (Phi) is 6.25. The molecule has 120 valence electrons. The van der Waals surface area contributed by atoms with E-state index in [1.807, 2.05) is 29.2 Å². The van der Waals surface area contributed by atoms with E-state index in [1.54, 1.807) is 6.92 Å². The summed E-state index contributed by atoms with van der Waals surface area (Å²) in [5.41, 5.74) is 1.19. The molecule has 1 saturated heterocycles. The lowest BCUT2D eigenvalue weighted by Crippen LogP contribution is -2.42. The predicted octanol–water partition coefficient (Wildman–Crippen LogP) is 2.65. The Balaban J connectivity index is 1.65. The largest absolute Gasteiger partial charge is 0.356 e. The number of benzene rings is 1. The van der Waals surface area contributed by atoms with Gasteiger partial charge in [-0.15, -0.1) is 0 Å². The number of likely N-dealkylation sites (tertiary alicyclic amines) is 1. The highest BCUT2D eigenvalue weighted by Crippen LogP contribution is 2.17. The zero-order valence-electron chi connectivity index (χ0n) is 13.0. The summed E-state index contributed by atoms with van der Waals surface area (Å²) >= 11 is 5.95. The van der Waals surface area contributed by atoms with Gasteiger partial charge in [0.1, 0.15) is 0 Å². The minimum atomic E-state index is 0.0433. The minimum Gasteiger partial charge on any atom is -0.356 e. The Bertz CT molecular complexity index is 525. The monoisotopic (exact) mass is 322 g/mol. The summed E-state index contributed by atoms with van der Waals surface area (Å²) < 4.78 is 0. The van der Waals surface area contributed by atoms with Crippen molar-refractivity contribution in [2.75, 3.05) is 19.6 Å². The summed E-state index contributed by atoms with van der Waals surface area (Å²) in [6.07, 6.45) is 3.33. The molecule has 1 N–H and O–H groups in total. The summed E-state index contributed by atoms with van der Waals surface area (Å²) in [4.78, 5) is 25.2. The normalized spacial score (nSPS) is 15.6. The second kappa shape index (κ2) is 8.18. The summed E-state index contributed by atoms with van der Waals surface area (Å²) in [6, 6.07) is 7.81. The van der Waals surface area contributed by atoms with E-state index in [0.29, 0.717) is 19.6 Å². The molecule has 0 unspecified atom stereocenters. The number of nitrogens with zero attached hydrogens (tertiary/aromatic N) is 1. The number of nitrogens with one attached hydrogen (secondary N) is 1. The van der Waals surface area contributed by atoms with Crippen LogP contribution >= 0.6 is 11.6 Å². The van der Waals surface area contributed by atoms with Gasteiger partial charge in [-0.05, 0) is 43.4 Å². The van der Waals surface area contributed by atoms with E-state index in [2.05, 4.69) is 5.32 Å². The molecule has 0 aliphatic carbocycles. The maximum absolute atomic E-state index is 12.1. The highest BCUT2D eigenvalue weighted by atomic mass is 35.5. The average molecular weight is 323 g/mol. The van der Waals surface area contributed by atoms with Gasteiger partial charge in [-0.25, -0.2) is 0 Å². The Morgan fingerprint density at radius 1 is 1.32 bits per heavy atom. The standard InChI is InChI=1S/C17H23ClN2O2/c1-13(21)20-10-7-15(8-11-20)17(22)19-9-3-5-14-4-2-6-16(18)12-14/h2,4,6,12,15H,3,5,7-11H2,1H3,(H,19,22). The molecule has 5 heteroatoms. The fourth-order valence-corrected chi connectivity index (χ4v) is 3.01. The first-order valence-electron chi connectivity index (χ1n) is 7.84. The van der Waals surface area contributed by atoms with Crippen LogP contribution in [0, 0.1) is 5.92 Å². The Morgan fingerprint density at radius 3 is 2.68 bits per heavy atom. The van der Waals surface area contributed by atoms with Gasteiger partial charge in [0.15, 0.2) is 0 Å². The van der Waals surface area contributed by atoms with Crippen LogP contribution in [0.25, 0.3) is 0 Å². The molecule has 0 bridgehead atoms. The van der Waals surface area contributed by atoms with Crippen LogP contribution < -0.4 is 5.32 Å². The van der Waals surface area contributed by atoms with Crippen LogP contribution in [-0.2, 0) is 16.0 Å². The van der Waals surface area contributed by atoms with Crippen LogP contribution in [0.4, 0.5) is 0 Å². The van der Waals surface area contributed by atoms with Gasteiger partial charge >= 0.3 is 0 Å². The van der Waals surface area contributed by atoms with Gasteiger partial charge in [-0.1, -0.05) is 23.7 Å². The quantitative estimate of drug-likeness (QED) is 0.847. The highest BCUT2D eigenvalue weighted by molar-refractivity contribution is 6.30. The van der Waals surface area contributed by atoms with Gasteiger partial charge in [0.2, 0.25) is 11.8 Å². The number of carbonyl (C=O) groups is 2. The van der Waals surface area contributed by atoms with Crippen molar-refractivity contribution in [3.63, 3.8) is 0 Å². The van der Waals surface area contributed by atoms with E-state index >= 15 is 0 Å². The summed E-state index contributed by atoms with van der Waals surface area (Å²) in [5.74, 6) is 0.261. The fourth-order valence-electron chi connectivity index (χ4n) is 2.80. The molecule has 1 aromatic rings. The molecule has 2 amide bonds. The van der Waals surface area contributed by atoms with Gasteiger partial charge in [0.05, 0.1) is 0 Å². The van der Waals surface area contributed by atoms with E-state index in [-0.39, 0.29) is 17.7 Å². The highest BCUT2D eigenvalue weighted by Gasteiger charge is 2.25. The number of amides is 2. The third-order valence-electron chi connectivity index (χ3n) is 4.14. The van der Waals surface area contributed by atoms with Crippen molar-refractivity contribution < 1.29 is 9.59 Å². The molecule has 2 rings (SSSR count). The van der Waals surface area contributed by atoms with E-state index in [4.69, 9.17) is 11.6 Å². The molecule has 0 saturated carbocycles. The van der Waals surface area contributed by atoms with E-state index in [1.165, 1.54) is 5.56 Å². The second-order valence-corrected chi connectivity index (χ2v) is 6.24. The number of piperidine rings is 1. The maximum atomic E-state index is 12.1. The van der Waals surface area contributed by atoms with Gasteiger partial charge in [0.25, 0.3) is 0 Å². The third-order valence-corrected chi connectivity index (χ3v) is 4.38. The zero-order valence-corrected chi connectivity index (χ0v) is 13.7. The fraction of sp³-hybridized carbons (Fsp3) is 0.529. The smallest absolute Gasteiger partial charge is 0.223 e. The van der Waals surface area contributed by atoms with Crippen molar-refractivity contribution in [2.45, 2.75) is 32.6 Å². The molecule has 0 radical (unpaired) electrons. The van der Waals surface area contributed by atoms with Gasteiger partial charge in [-0.3, -0.25) is 9.59 Å². The van der Waals surface area contributed by atoms with Crippen LogP contribution in [0.5, 0.6) is 0 Å². The molecule has 22 heavy (non-hydrogen) atoms. The van der Waals surface area contributed by atoms with Crippen LogP contribution in [0.2, 0.25) is 5.02 Å². The third kappa shape index (κ3) is 5.02. The lowest BCUT2D eigenvalue weighted by Gasteiger charge is -2.30. The van der Waals surface area contributed by atoms with Gasteiger partial charge in [-0.2, -0.15) is 0 Å². The summed E-state index contributed by atoms with van der Waals surface area (Å²) in [6.45, 7) is 3.64. The number of carbonyl (C=O) groups excluding carboxylic acids is 2. The summed E-state index contributed by atoms with van der Waals surface area (Å²) in [5, 5.41) is 3.75. The first-order valence-corrected chi connectivity index (χ1v) is 8.21. The van der Waals surface area contributed by atoms with Crippen LogP contribution in [-0.4, -0.2) is 36.3 Å². The number of aryl methyl sites for hydroxylation is 1. The van der Waals surface area contributed by atoms with Crippen molar-refractivity contribution in [2.24, 2.45) is 5.92 Å². The lowest BCUT2D eigenvalue weighted by molar-refractivity contribution is -0.133. The number of hydrogen-bond donors (Lipinski definition) is 1. The molecule has 4 nitrogen and oxygen atoms in total. The molecular weight excluding hydrogens is 300 g/mol. The Morgan fingerprint density at radius 2 is 2.05 bits per heavy atom. The topological polar surface area (TPSA) is 49.4 Å². The van der Waals surface area contributed by atoms with Crippen molar-refractivity contribution in [1.82, 2.24) is 10.2 Å². The molecule has 1 aromatic carbocycles. The molecule has 1 aliphatic rings. The lowest BCUT2D eigenvalue weighted by atomic mass is 9.96. The molecule has 0 spiro atoms. The van der Waals surface area contributed by atoms with Gasteiger partial charge < -0.3 is 10.2 Å². The van der Waals surface area contributed by atoms with E-state index < -0.39 is 0 Å². The molecular formula is C17H23ClN2O2. The molecule has 0 atom stereocenters. The Labute approximate surface area is 136 Å².